The smallest absolute Gasteiger partial charge is 0.253 e. The van der Waals surface area contributed by atoms with Gasteiger partial charge in [0.2, 0.25) is 0 Å². The molecule has 0 aliphatic carbocycles. The van der Waals surface area contributed by atoms with Crippen molar-refractivity contribution in [3.05, 3.63) is 85.7 Å². The Morgan fingerprint density at radius 2 is 1.68 bits per heavy atom. The van der Waals surface area contributed by atoms with Crippen molar-refractivity contribution in [3.8, 4) is 5.00 Å². The van der Waals surface area contributed by atoms with Crippen molar-refractivity contribution < 1.29 is 0 Å². The summed E-state index contributed by atoms with van der Waals surface area (Å²) in [5.74, 6) is 1.46. The number of nitrogens with zero attached hydrogens (tertiary/aromatic N) is 6. The number of hydrazone groups is 1. The van der Waals surface area contributed by atoms with E-state index in [4.69, 9.17) is 28.3 Å². The van der Waals surface area contributed by atoms with Gasteiger partial charge in [-0.3, -0.25) is 9.55 Å². The molecule has 6 nitrogen and oxygen atoms in total. The van der Waals surface area contributed by atoms with Crippen molar-refractivity contribution in [2.75, 3.05) is 5.01 Å². The Morgan fingerprint density at radius 3 is 2.39 bits per heavy atom. The van der Waals surface area contributed by atoms with Crippen molar-refractivity contribution in [2.24, 2.45) is 5.10 Å². The summed E-state index contributed by atoms with van der Waals surface area (Å²) in [5.41, 5.74) is 4.96. The zero-order valence-electron chi connectivity index (χ0n) is 17.1. The Bertz CT molecular complexity index is 1310. The summed E-state index contributed by atoms with van der Waals surface area (Å²) in [7, 11) is 0. The van der Waals surface area contributed by atoms with E-state index in [2.05, 4.69) is 33.6 Å². The number of aromatic nitrogens is 4. The van der Waals surface area contributed by atoms with E-state index < -0.39 is 0 Å². The minimum atomic E-state index is 0.430. The number of rotatable bonds is 3. The van der Waals surface area contributed by atoms with E-state index in [-0.39, 0.29) is 0 Å². The van der Waals surface area contributed by atoms with Crippen LogP contribution in [0.4, 0.5) is 5.95 Å². The predicted molar refractivity (Wildman–Crippen MR) is 126 cm³/mol. The van der Waals surface area contributed by atoms with Gasteiger partial charge < -0.3 is 0 Å². The minimum absolute atomic E-state index is 0.430. The molecular formula is C22H18Cl2N6S. The molecule has 0 radical (unpaired) electrons. The summed E-state index contributed by atoms with van der Waals surface area (Å²) in [6, 6.07) is 11.5. The number of anilines is 1. The van der Waals surface area contributed by atoms with E-state index in [1.807, 2.05) is 48.3 Å². The van der Waals surface area contributed by atoms with Gasteiger partial charge in [0.25, 0.3) is 5.95 Å². The first-order chi connectivity index (χ1) is 14.9. The highest BCUT2D eigenvalue weighted by molar-refractivity contribution is 7.15. The fourth-order valence-corrected chi connectivity index (χ4v) is 5.03. The third-order valence-corrected chi connectivity index (χ3v) is 6.95. The number of thiophene rings is 1. The van der Waals surface area contributed by atoms with Crippen LogP contribution in [0.5, 0.6) is 0 Å². The molecule has 3 aromatic heterocycles. The highest BCUT2D eigenvalue weighted by Crippen LogP contribution is 2.38. The van der Waals surface area contributed by atoms with Crippen LogP contribution in [-0.2, 0) is 6.54 Å². The Balaban J connectivity index is 1.74. The van der Waals surface area contributed by atoms with Crippen LogP contribution in [0.25, 0.3) is 5.00 Å². The van der Waals surface area contributed by atoms with Gasteiger partial charge in [0.1, 0.15) is 16.5 Å². The van der Waals surface area contributed by atoms with Crippen molar-refractivity contribution in [1.29, 1.82) is 0 Å². The molecule has 4 aromatic rings. The maximum atomic E-state index is 6.15. The van der Waals surface area contributed by atoms with Crippen LogP contribution in [0, 0.1) is 20.8 Å². The van der Waals surface area contributed by atoms with Gasteiger partial charge in [-0.25, -0.2) is 5.01 Å². The first-order valence-corrected chi connectivity index (χ1v) is 11.2. The van der Waals surface area contributed by atoms with E-state index in [0.717, 1.165) is 33.4 Å². The summed E-state index contributed by atoms with van der Waals surface area (Å²) in [6.07, 6.45) is 1.64. The average molecular weight is 469 g/mol. The molecule has 31 heavy (non-hydrogen) atoms. The van der Waals surface area contributed by atoms with E-state index in [1.54, 1.807) is 17.5 Å². The first kappa shape index (κ1) is 20.2. The van der Waals surface area contributed by atoms with E-state index in [9.17, 15) is 0 Å². The van der Waals surface area contributed by atoms with Crippen LogP contribution in [0.1, 0.15) is 33.1 Å². The second kappa shape index (κ2) is 7.75. The normalized spacial score (nSPS) is 12.9. The van der Waals surface area contributed by atoms with E-state index in [0.29, 0.717) is 22.5 Å². The quantitative estimate of drug-likeness (QED) is 0.385. The van der Waals surface area contributed by atoms with Crippen LogP contribution in [0.15, 0.2) is 47.7 Å². The van der Waals surface area contributed by atoms with Crippen LogP contribution in [-0.4, -0.2) is 25.5 Å². The fraction of sp³-hybridized carbons (Fsp3) is 0.182. The summed E-state index contributed by atoms with van der Waals surface area (Å²) < 4.78 is 2.07. The number of aryl methyl sites for hydroxylation is 2. The summed E-state index contributed by atoms with van der Waals surface area (Å²) in [5, 5.41) is 18.1. The van der Waals surface area contributed by atoms with Crippen LogP contribution in [0.3, 0.4) is 0 Å². The Kier molecular flexibility index (Phi) is 5.04. The van der Waals surface area contributed by atoms with Crippen molar-refractivity contribution in [2.45, 2.75) is 27.3 Å². The lowest BCUT2D eigenvalue weighted by Crippen LogP contribution is -2.21. The van der Waals surface area contributed by atoms with Gasteiger partial charge in [0.15, 0.2) is 0 Å². The molecule has 1 aromatic carbocycles. The molecule has 0 N–H and O–H groups in total. The molecule has 0 saturated carbocycles. The fourth-order valence-electron chi connectivity index (χ4n) is 3.59. The maximum absolute atomic E-state index is 6.15. The maximum Gasteiger partial charge on any atom is 0.253 e. The standard InChI is InChI=1S/C22H18Cl2N6S/c1-12-13(2)31-21-19(12)20(15-4-6-16(23)7-5-15)28-29(22-27-26-14(3)30(21)22)11-18-9-8-17(24)10-25-18/h4-10H,11H2,1-3H3. The predicted octanol–water partition coefficient (Wildman–Crippen LogP) is 5.73. The first-order valence-electron chi connectivity index (χ1n) is 9.67. The molecule has 0 bridgehead atoms. The molecule has 0 atom stereocenters. The third-order valence-electron chi connectivity index (χ3n) is 5.28. The van der Waals surface area contributed by atoms with E-state index in [1.165, 1.54) is 10.4 Å². The zero-order valence-corrected chi connectivity index (χ0v) is 19.4. The van der Waals surface area contributed by atoms with E-state index >= 15 is 0 Å². The second-order valence-corrected chi connectivity index (χ2v) is 9.40. The molecule has 0 unspecified atom stereocenters. The molecular weight excluding hydrogens is 451 g/mol. The van der Waals surface area contributed by atoms with Crippen LogP contribution >= 0.6 is 34.5 Å². The number of hydrogen-bond donors (Lipinski definition) is 0. The van der Waals surface area contributed by atoms with Gasteiger partial charge in [-0.1, -0.05) is 35.3 Å². The molecule has 156 valence electrons. The topological polar surface area (TPSA) is 59.2 Å². The SMILES string of the molecule is Cc1sc2c(c1C)C(c1ccc(Cl)cc1)=NN(Cc1ccc(Cl)cn1)c1nnc(C)n1-2. The number of pyridine rings is 1. The Labute approximate surface area is 193 Å². The number of fused-ring (bicyclic) bond motifs is 3. The van der Waals surface area contributed by atoms with Gasteiger partial charge in [0, 0.05) is 27.2 Å². The van der Waals surface area contributed by atoms with Gasteiger partial charge in [-0.05, 0) is 50.6 Å². The summed E-state index contributed by atoms with van der Waals surface area (Å²) >= 11 is 13.9. The molecule has 0 amide bonds. The van der Waals surface area contributed by atoms with Crippen molar-refractivity contribution in [3.63, 3.8) is 0 Å². The molecule has 4 heterocycles. The zero-order chi connectivity index (χ0) is 21.7. The van der Waals surface area contributed by atoms with Gasteiger partial charge in [-0.15, -0.1) is 21.5 Å². The minimum Gasteiger partial charge on any atom is -0.258 e. The van der Waals surface area contributed by atoms with Crippen LogP contribution < -0.4 is 5.01 Å². The van der Waals surface area contributed by atoms with Gasteiger partial charge in [0.05, 0.1) is 17.3 Å². The van der Waals surface area contributed by atoms with Gasteiger partial charge >= 0.3 is 0 Å². The second-order valence-electron chi connectivity index (χ2n) is 7.33. The molecule has 0 saturated heterocycles. The monoisotopic (exact) mass is 468 g/mol. The molecule has 0 spiro atoms. The number of benzene rings is 1. The number of hydrogen-bond acceptors (Lipinski definition) is 6. The van der Waals surface area contributed by atoms with Crippen LogP contribution in [0.2, 0.25) is 10.0 Å². The average Bonchev–Trinajstić information content (AvgIpc) is 3.23. The Morgan fingerprint density at radius 1 is 0.935 bits per heavy atom. The molecule has 1 aliphatic heterocycles. The molecule has 0 fully saturated rings. The number of halogens is 2. The van der Waals surface area contributed by atoms with Crippen molar-refractivity contribution in [1.82, 2.24) is 19.7 Å². The highest BCUT2D eigenvalue weighted by atomic mass is 35.5. The lowest BCUT2D eigenvalue weighted by atomic mass is 10.00. The molecule has 9 heteroatoms. The third kappa shape index (κ3) is 3.52. The molecule has 1 aliphatic rings. The lowest BCUT2D eigenvalue weighted by Gasteiger charge is -2.17. The Hall–Kier alpha value is -2.74. The van der Waals surface area contributed by atoms with Gasteiger partial charge in [-0.2, -0.15) is 5.10 Å². The van der Waals surface area contributed by atoms with Crippen molar-refractivity contribution >= 4 is 46.2 Å². The highest BCUT2D eigenvalue weighted by Gasteiger charge is 2.30. The molecule has 5 rings (SSSR count). The summed E-state index contributed by atoms with van der Waals surface area (Å²) in [4.78, 5) is 5.68. The largest absolute Gasteiger partial charge is 0.258 e. The lowest BCUT2D eigenvalue weighted by molar-refractivity contribution is 0.780. The summed E-state index contributed by atoms with van der Waals surface area (Å²) in [6.45, 7) is 6.64.